The third-order valence-corrected chi connectivity index (χ3v) is 4.97. The van der Waals surface area contributed by atoms with E-state index < -0.39 is 35.9 Å². The number of esters is 1. The molecule has 1 aromatic carbocycles. The number of carbonyl (C=O) groups excluding carboxylic acids is 2. The van der Waals surface area contributed by atoms with Crippen molar-refractivity contribution in [2.24, 2.45) is 11.8 Å². The van der Waals surface area contributed by atoms with Crippen LogP contribution in [0.2, 0.25) is 0 Å². The monoisotopic (exact) mass is 353 g/mol. The van der Waals surface area contributed by atoms with Gasteiger partial charge in [0.2, 0.25) is 0 Å². The Morgan fingerprint density at radius 1 is 1.24 bits per heavy atom. The Labute approximate surface area is 144 Å². The number of fused-ring (bicyclic) bond motifs is 1. The molecule has 1 amide bonds. The zero-order valence-corrected chi connectivity index (χ0v) is 14.0. The highest BCUT2D eigenvalue weighted by atomic mass is 19.3. The molecule has 1 aliphatic carbocycles. The molecule has 1 aliphatic heterocycles. The summed E-state index contributed by atoms with van der Waals surface area (Å²) in [7, 11) is 0. The van der Waals surface area contributed by atoms with Crippen molar-refractivity contribution >= 4 is 12.1 Å². The van der Waals surface area contributed by atoms with Crippen molar-refractivity contribution in [3.8, 4) is 0 Å². The van der Waals surface area contributed by atoms with Gasteiger partial charge >= 0.3 is 12.1 Å². The molecule has 2 fully saturated rings. The molecule has 1 heterocycles. The Morgan fingerprint density at radius 2 is 1.96 bits per heavy atom. The van der Waals surface area contributed by atoms with Gasteiger partial charge in [-0.3, -0.25) is 4.90 Å². The Morgan fingerprint density at radius 3 is 2.64 bits per heavy atom. The predicted octanol–water partition coefficient (Wildman–Crippen LogP) is 3.23. The Kier molecular flexibility index (Phi) is 4.92. The van der Waals surface area contributed by atoms with Crippen molar-refractivity contribution in [1.82, 2.24) is 4.90 Å². The number of likely N-dealkylation sites (tertiary alicyclic amines) is 1. The molecule has 0 aromatic heterocycles. The lowest BCUT2D eigenvalue weighted by Gasteiger charge is -2.25. The van der Waals surface area contributed by atoms with Crippen LogP contribution in [-0.2, 0) is 20.9 Å². The molecule has 3 rings (SSSR count). The molecular weight excluding hydrogens is 332 g/mol. The van der Waals surface area contributed by atoms with Crippen LogP contribution < -0.4 is 0 Å². The highest BCUT2D eigenvalue weighted by Crippen LogP contribution is 2.51. The van der Waals surface area contributed by atoms with Gasteiger partial charge in [-0.15, -0.1) is 0 Å². The molecule has 0 bridgehead atoms. The minimum atomic E-state index is -2.87. The average Bonchev–Trinajstić information content (AvgIpc) is 3.12. The second-order valence-electron chi connectivity index (χ2n) is 6.46. The minimum Gasteiger partial charge on any atom is -0.464 e. The number of hydrogen-bond donors (Lipinski definition) is 0. The first-order chi connectivity index (χ1) is 11.9. The van der Waals surface area contributed by atoms with Crippen molar-refractivity contribution in [1.29, 1.82) is 0 Å². The van der Waals surface area contributed by atoms with E-state index in [-0.39, 0.29) is 32.6 Å². The number of benzene rings is 1. The predicted molar refractivity (Wildman–Crippen MR) is 84.9 cm³/mol. The van der Waals surface area contributed by atoms with E-state index in [0.29, 0.717) is 0 Å². The molecule has 3 atom stereocenters. The lowest BCUT2D eigenvalue weighted by atomic mass is 9.93. The first-order valence-corrected chi connectivity index (χ1v) is 8.46. The lowest BCUT2D eigenvalue weighted by molar-refractivity contribution is -0.149. The average molecular weight is 353 g/mol. The van der Waals surface area contributed by atoms with Crippen LogP contribution in [-0.4, -0.2) is 42.1 Å². The molecule has 5 nitrogen and oxygen atoms in total. The second kappa shape index (κ2) is 6.98. The number of carbonyl (C=O) groups is 2. The first-order valence-electron chi connectivity index (χ1n) is 8.46. The summed E-state index contributed by atoms with van der Waals surface area (Å²) >= 11 is 0. The molecular formula is C18H21F2NO4. The summed E-state index contributed by atoms with van der Waals surface area (Å²) in [6.45, 7) is 1.62. The van der Waals surface area contributed by atoms with Crippen LogP contribution in [0.25, 0.3) is 0 Å². The van der Waals surface area contributed by atoms with Crippen LogP contribution in [0.15, 0.2) is 30.3 Å². The molecule has 7 heteroatoms. The summed E-state index contributed by atoms with van der Waals surface area (Å²) in [5, 5.41) is 0. The number of rotatable bonds is 4. The number of ether oxygens (including phenoxy) is 2. The summed E-state index contributed by atoms with van der Waals surface area (Å²) in [6, 6.07) is 8.05. The van der Waals surface area contributed by atoms with Gasteiger partial charge in [-0.05, 0) is 18.9 Å². The van der Waals surface area contributed by atoms with E-state index in [0.717, 1.165) is 10.5 Å². The second-order valence-corrected chi connectivity index (χ2v) is 6.46. The zero-order chi connectivity index (χ0) is 18.0. The van der Waals surface area contributed by atoms with Crippen LogP contribution in [0.1, 0.15) is 25.3 Å². The molecule has 1 saturated carbocycles. The third kappa shape index (κ3) is 3.45. The van der Waals surface area contributed by atoms with Gasteiger partial charge < -0.3 is 9.47 Å². The van der Waals surface area contributed by atoms with E-state index in [1.807, 2.05) is 18.2 Å². The van der Waals surface area contributed by atoms with E-state index in [9.17, 15) is 18.4 Å². The molecule has 0 spiro atoms. The SMILES string of the molecule is CCOC(=O)[C@@H]1[C@H]2CCC(F)(F)[C@H]2CN1C(=O)OCc1ccccc1. The molecule has 1 saturated heterocycles. The number of alkyl halides is 2. The first kappa shape index (κ1) is 17.6. The van der Waals surface area contributed by atoms with E-state index in [1.165, 1.54) is 0 Å². The van der Waals surface area contributed by atoms with Gasteiger partial charge in [0.1, 0.15) is 12.6 Å². The maximum Gasteiger partial charge on any atom is 0.410 e. The van der Waals surface area contributed by atoms with Gasteiger partial charge in [0.05, 0.1) is 6.61 Å². The van der Waals surface area contributed by atoms with Crippen molar-refractivity contribution in [2.45, 2.75) is 38.3 Å². The van der Waals surface area contributed by atoms with Crippen LogP contribution in [0.5, 0.6) is 0 Å². The van der Waals surface area contributed by atoms with Crippen LogP contribution in [0.3, 0.4) is 0 Å². The number of nitrogens with zero attached hydrogens (tertiary/aromatic N) is 1. The highest BCUT2D eigenvalue weighted by molar-refractivity contribution is 5.82. The largest absolute Gasteiger partial charge is 0.464 e. The Balaban J connectivity index is 1.73. The fourth-order valence-corrected chi connectivity index (χ4v) is 3.78. The van der Waals surface area contributed by atoms with Gasteiger partial charge in [0, 0.05) is 24.8 Å². The smallest absolute Gasteiger partial charge is 0.410 e. The standard InChI is InChI=1S/C18H21F2NO4/c1-2-24-16(22)15-13-8-9-18(19,20)14(13)10-21(15)17(23)25-11-12-6-4-3-5-7-12/h3-7,13-15H,2,8-11H2,1H3/t13-,14-,15-/m0/s1. The molecule has 2 aliphatic rings. The number of halogens is 2. The molecule has 0 unspecified atom stereocenters. The van der Waals surface area contributed by atoms with Crippen LogP contribution >= 0.6 is 0 Å². The molecule has 25 heavy (non-hydrogen) atoms. The summed E-state index contributed by atoms with van der Waals surface area (Å²) in [6.07, 6.45) is -0.818. The van der Waals surface area contributed by atoms with Crippen LogP contribution in [0, 0.1) is 11.8 Å². The zero-order valence-electron chi connectivity index (χ0n) is 14.0. The summed E-state index contributed by atoms with van der Waals surface area (Å²) in [5.74, 6) is -5.11. The fourth-order valence-electron chi connectivity index (χ4n) is 3.78. The van der Waals surface area contributed by atoms with Crippen molar-refractivity contribution in [3.63, 3.8) is 0 Å². The third-order valence-electron chi connectivity index (χ3n) is 4.97. The number of amides is 1. The van der Waals surface area contributed by atoms with E-state index in [1.54, 1.807) is 19.1 Å². The fraction of sp³-hybridized carbons (Fsp3) is 0.556. The highest BCUT2D eigenvalue weighted by Gasteiger charge is 2.61. The molecule has 1 aromatic rings. The lowest BCUT2D eigenvalue weighted by Crippen LogP contribution is -2.44. The maximum atomic E-state index is 14.1. The van der Waals surface area contributed by atoms with Crippen molar-refractivity contribution in [2.75, 3.05) is 13.2 Å². The van der Waals surface area contributed by atoms with Gasteiger partial charge in [-0.25, -0.2) is 18.4 Å². The van der Waals surface area contributed by atoms with Gasteiger partial charge in [-0.2, -0.15) is 0 Å². The Hall–Kier alpha value is -2.18. The van der Waals surface area contributed by atoms with Gasteiger partial charge in [-0.1, -0.05) is 30.3 Å². The normalized spacial score (nSPS) is 27.0. The van der Waals surface area contributed by atoms with E-state index in [2.05, 4.69) is 0 Å². The quantitative estimate of drug-likeness (QED) is 0.780. The molecule has 0 N–H and O–H groups in total. The molecule has 0 radical (unpaired) electrons. The maximum absolute atomic E-state index is 14.1. The summed E-state index contributed by atoms with van der Waals surface area (Å²) in [4.78, 5) is 25.8. The minimum absolute atomic E-state index is 0.0252. The summed E-state index contributed by atoms with van der Waals surface area (Å²) < 4.78 is 38.4. The van der Waals surface area contributed by atoms with Crippen LogP contribution in [0.4, 0.5) is 13.6 Å². The molecule has 136 valence electrons. The van der Waals surface area contributed by atoms with Gasteiger partial charge in [0.15, 0.2) is 0 Å². The number of hydrogen-bond acceptors (Lipinski definition) is 4. The van der Waals surface area contributed by atoms with Crippen molar-refractivity contribution < 1.29 is 27.8 Å². The Bertz CT molecular complexity index is 637. The van der Waals surface area contributed by atoms with E-state index >= 15 is 0 Å². The van der Waals surface area contributed by atoms with Crippen molar-refractivity contribution in [3.05, 3.63) is 35.9 Å². The van der Waals surface area contributed by atoms with E-state index in [4.69, 9.17) is 9.47 Å². The van der Waals surface area contributed by atoms with Gasteiger partial charge in [0.25, 0.3) is 5.92 Å². The summed E-state index contributed by atoms with van der Waals surface area (Å²) in [5.41, 5.74) is 0.785. The topological polar surface area (TPSA) is 55.8 Å².